The van der Waals surface area contributed by atoms with E-state index in [1.54, 1.807) is 0 Å². The maximum atomic E-state index is 6.79. The molecule has 6 heteroatoms. The van der Waals surface area contributed by atoms with E-state index in [1.807, 2.05) is 0 Å². The van der Waals surface area contributed by atoms with Gasteiger partial charge in [0.05, 0.1) is 17.9 Å². The van der Waals surface area contributed by atoms with Crippen molar-refractivity contribution in [3.8, 4) is 0 Å². The number of anilines is 2. The number of piperidine rings is 1. The number of nitrogens with zero attached hydrogens (tertiary/aromatic N) is 4. The molecule has 3 N–H and O–H groups in total. The number of likely N-dealkylation sites (tertiary alicyclic amines) is 1. The van der Waals surface area contributed by atoms with E-state index >= 15 is 0 Å². The van der Waals surface area contributed by atoms with Crippen molar-refractivity contribution in [1.29, 1.82) is 0 Å². The lowest BCUT2D eigenvalue weighted by Gasteiger charge is -2.39. The number of unbranched alkanes of at least 4 members (excludes halogenated alkanes) is 6. The summed E-state index contributed by atoms with van der Waals surface area (Å²) in [5.41, 5.74) is 9.50. The Morgan fingerprint density at radius 3 is 2.35 bits per heavy atom. The average Bonchev–Trinajstić information content (AvgIpc) is 3.15. The lowest BCUT2D eigenvalue weighted by Crippen LogP contribution is -2.56. The molecule has 3 aliphatic rings. The predicted molar refractivity (Wildman–Crippen MR) is 144 cm³/mol. The van der Waals surface area contributed by atoms with E-state index in [1.165, 1.54) is 107 Å². The summed E-state index contributed by atoms with van der Waals surface area (Å²) in [4.78, 5) is 15.2. The van der Waals surface area contributed by atoms with E-state index in [4.69, 9.17) is 15.7 Å². The summed E-state index contributed by atoms with van der Waals surface area (Å²) in [6.07, 6.45) is 21.8. The Kier molecular flexibility index (Phi) is 10.3. The van der Waals surface area contributed by atoms with Gasteiger partial charge in [0, 0.05) is 18.7 Å². The highest BCUT2D eigenvalue weighted by molar-refractivity contribution is 5.54. The molecule has 0 radical (unpaired) electrons. The fraction of sp³-hybridized carbons (Fsp3) is 0.857. The van der Waals surface area contributed by atoms with Crippen LogP contribution in [0.5, 0.6) is 0 Å². The van der Waals surface area contributed by atoms with Gasteiger partial charge in [-0.05, 0) is 70.9 Å². The summed E-state index contributed by atoms with van der Waals surface area (Å²) in [7, 11) is 0. The number of hydrogen-bond donors (Lipinski definition) is 2. The first kappa shape index (κ1) is 25.7. The highest BCUT2D eigenvalue weighted by atomic mass is 15.3. The van der Waals surface area contributed by atoms with Crippen LogP contribution in [-0.4, -0.2) is 53.3 Å². The summed E-state index contributed by atoms with van der Waals surface area (Å²) in [6, 6.07) is 0.233. The Labute approximate surface area is 208 Å². The molecule has 1 aliphatic carbocycles. The number of nitrogens with one attached hydrogen (secondary N) is 1. The van der Waals surface area contributed by atoms with Crippen molar-refractivity contribution in [1.82, 2.24) is 14.9 Å². The molecular weight excluding hydrogens is 420 g/mol. The predicted octanol–water partition coefficient (Wildman–Crippen LogP) is 5.65. The quantitative estimate of drug-likeness (QED) is 0.407. The van der Waals surface area contributed by atoms with E-state index in [2.05, 4.69) is 22.0 Å². The van der Waals surface area contributed by atoms with Gasteiger partial charge in [-0.25, -0.2) is 4.98 Å². The lowest BCUT2D eigenvalue weighted by atomic mass is 9.96. The van der Waals surface area contributed by atoms with E-state index in [0.29, 0.717) is 0 Å². The molecule has 0 amide bonds. The Hall–Kier alpha value is -1.40. The topological polar surface area (TPSA) is 70.3 Å². The zero-order chi connectivity index (χ0) is 23.6. The average molecular weight is 471 g/mol. The van der Waals surface area contributed by atoms with E-state index < -0.39 is 0 Å². The van der Waals surface area contributed by atoms with Crippen molar-refractivity contribution < 1.29 is 0 Å². The van der Waals surface area contributed by atoms with Crippen LogP contribution < -0.4 is 16.0 Å². The first-order valence-corrected chi connectivity index (χ1v) is 14.7. The van der Waals surface area contributed by atoms with Gasteiger partial charge in [0.2, 0.25) is 5.95 Å². The molecule has 1 aromatic heterocycles. The van der Waals surface area contributed by atoms with E-state index in [0.717, 1.165) is 51.4 Å². The minimum Gasteiger partial charge on any atom is -0.356 e. The Bertz CT molecular complexity index is 730. The Balaban J connectivity index is 1.37. The highest BCUT2D eigenvalue weighted by Crippen LogP contribution is 2.31. The van der Waals surface area contributed by atoms with Crippen LogP contribution in [0.4, 0.5) is 11.8 Å². The summed E-state index contributed by atoms with van der Waals surface area (Å²) in [5.74, 6) is 2.04. The van der Waals surface area contributed by atoms with Crippen LogP contribution in [0.3, 0.4) is 0 Å². The van der Waals surface area contributed by atoms with Gasteiger partial charge in [-0.3, -0.25) is 4.90 Å². The molecule has 2 atom stereocenters. The lowest BCUT2D eigenvalue weighted by molar-refractivity contribution is 0.136. The fourth-order valence-electron chi connectivity index (χ4n) is 6.13. The molecule has 0 saturated carbocycles. The first-order valence-electron chi connectivity index (χ1n) is 14.7. The fourth-order valence-corrected chi connectivity index (χ4v) is 6.13. The molecule has 4 rings (SSSR count). The Morgan fingerprint density at radius 2 is 1.56 bits per heavy atom. The molecule has 2 aliphatic heterocycles. The van der Waals surface area contributed by atoms with E-state index in [-0.39, 0.29) is 12.2 Å². The third-order valence-electron chi connectivity index (χ3n) is 8.22. The van der Waals surface area contributed by atoms with Gasteiger partial charge >= 0.3 is 0 Å². The van der Waals surface area contributed by atoms with Gasteiger partial charge in [0.15, 0.2) is 0 Å². The second-order valence-corrected chi connectivity index (χ2v) is 10.9. The second kappa shape index (κ2) is 13.6. The number of rotatable bonds is 11. The molecule has 2 saturated heterocycles. The van der Waals surface area contributed by atoms with Crippen molar-refractivity contribution in [3.63, 3.8) is 0 Å². The number of aryl methyl sites for hydroxylation is 1. The van der Waals surface area contributed by atoms with Gasteiger partial charge in [0.1, 0.15) is 5.82 Å². The third kappa shape index (κ3) is 7.07. The zero-order valence-corrected chi connectivity index (χ0v) is 21.9. The van der Waals surface area contributed by atoms with Crippen molar-refractivity contribution in [2.45, 2.75) is 128 Å². The summed E-state index contributed by atoms with van der Waals surface area (Å²) < 4.78 is 0. The van der Waals surface area contributed by atoms with Crippen LogP contribution >= 0.6 is 0 Å². The molecular formula is C28H50N6. The molecule has 0 spiro atoms. The maximum absolute atomic E-state index is 6.79. The van der Waals surface area contributed by atoms with Crippen LogP contribution in [0.25, 0.3) is 0 Å². The summed E-state index contributed by atoms with van der Waals surface area (Å²) >= 11 is 0. The molecule has 0 bridgehead atoms. The largest absolute Gasteiger partial charge is 0.356 e. The van der Waals surface area contributed by atoms with Crippen LogP contribution in [-0.2, 0) is 12.8 Å². The molecule has 192 valence electrons. The number of fused-ring (bicyclic) bond motifs is 1. The highest BCUT2D eigenvalue weighted by Gasteiger charge is 2.30. The summed E-state index contributed by atoms with van der Waals surface area (Å²) in [6.45, 7) is 6.81. The second-order valence-electron chi connectivity index (χ2n) is 10.9. The normalized spacial score (nSPS) is 24.0. The van der Waals surface area contributed by atoms with Crippen molar-refractivity contribution in [2.24, 2.45) is 5.73 Å². The van der Waals surface area contributed by atoms with Gasteiger partial charge in [-0.2, -0.15) is 4.98 Å². The Morgan fingerprint density at radius 1 is 0.824 bits per heavy atom. The van der Waals surface area contributed by atoms with Gasteiger partial charge in [-0.15, -0.1) is 0 Å². The summed E-state index contributed by atoms with van der Waals surface area (Å²) in [5, 5.41) is 3.72. The molecule has 0 aromatic carbocycles. The first-order chi connectivity index (χ1) is 16.8. The van der Waals surface area contributed by atoms with Crippen LogP contribution in [0.1, 0.15) is 114 Å². The van der Waals surface area contributed by atoms with Gasteiger partial charge < -0.3 is 16.0 Å². The minimum absolute atomic E-state index is 0.0510. The SMILES string of the molecule is CCCCCCCCCN1CCCC(Nc2nc3c(c(N4CCCCCC4)n2)CCCC3)C1N. The van der Waals surface area contributed by atoms with E-state index in [9.17, 15) is 0 Å². The molecule has 2 fully saturated rings. The van der Waals surface area contributed by atoms with Crippen molar-refractivity contribution in [2.75, 3.05) is 36.4 Å². The van der Waals surface area contributed by atoms with Crippen LogP contribution in [0.15, 0.2) is 0 Å². The van der Waals surface area contributed by atoms with Crippen molar-refractivity contribution in [3.05, 3.63) is 11.3 Å². The van der Waals surface area contributed by atoms with Crippen LogP contribution in [0, 0.1) is 0 Å². The molecule has 34 heavy (non-hydrogen) atoms. The smallest absolute Gasteiger partial charge is 0.225 e. The molecule has 2 unspecified atom stereocenters. The van der Waals surface area contributed by atoms with Gasteiger partial charge in [-0.1, -0.05) is 58.3 Å². The monoisotopic (exact) mass is 470 g/mol. The minimum atomic E-state index is 0.0510. The maximum Gasteiger partial charge on any atom is 0.225 e. The van der Waals surface area contributed by atoms with Gasteiger partial charge in [0.25, 0.3) is 0 Å². The molecule has 6 nitrogen and oxygen atoms in total. The zero-order valence-electron chi connectivity index (χ0n) is 21.9. The standard InChI is InChI=1S/C28H50N6/c1-2-3-4-5-6-7-12-19-33-22-15-18-25(26(33)29)31-28-30-24-17-11-10-16-23(24)27(32-28)34-20-13-8-9-14-21-34/h25-26H,2-22,29H2,1H3,(H,30,31,32). The number of hydrogen-bond acceptors (Lipinski definition) is 6. The van der Waals surface area contributed by atoms with Crippen molar-refractivity contribution >= 4 is 11.8 Å². The van der Waals surface area contributed by atoms with Crippen LogP contribution in [0.2, 0.25) is 0 Å². The molecule has 1 aromatic rings. The molecule has 3 heterocycles. The number of aromatic nitrogens is 2. The number of nitrogens with two attached hydrogens (primary N) is 1. The third-order valence-corrected chi connectivity index (χ3v) is 8.22.